The van der Waals surface area contributed by atoms with E-state index < -0.39 is 6.10 Å². The molecule has 0 amide bonds. The summed E-state index contributed by atoms with van der Waals surface area (Å²) in [5, 5.41) is 14.3. The molecule has 1 saturated heterocycles. The minimum atomic E-state index is -0.513. The Labute approximate surface area is 166 Å². The number of aliphatic hydroxyl groups excluding tert-OH is 1. The molecule has 0 bridgehead atoms. The highest BCUT2D eigenvalue weighted by Gasteiger charge is 2.16. The Morgan fingerprint density at radius 1 is 1.18 bits per heavy atom. The molecular formula is C21H31N3O4. The molecule has 0 unspecified atom stereocenters. The second-order valence-corrected chi connectivity index (χ2v) is 7.47. The van der Waals surface area contributed by atoms with E-state index >= 15 is 0 Å². The number of benzene rings is 1. The maximum Gasteiger partial charge on any atom is 0.161 e. The maximum absolute atomic E-state index is 10.4. The van der Waals surface area contributed by atoms with Crippen LogP contribution in [0.5, 0.6) is 11.5 Å². The molecule has 154 valence electrons. The van der Waals surface area contributed by atoms with Gasteiger partial charge in [-0.05, 0) is 50.7 Å². The van der Waals surface area contributed by atoms with Gasteiger partial charge >= 0.3 is 0 Å². The molecule has 1 atom stereocenters. The average molecular weight is 389 g/mol. The van der Waals surface area contributed by atoms with Crippen molar-refractivity contribution in [2.45, 2.75) is 38.5 Å². The van der Waals surface area contributed by atoms with Crippen LogP contribution in [0.15, 0.2) is 35.1 Å². The zero-order valence-electron chi connectivity index (χ0n) is 16.8. The molecule has 7 nitrogen and oxygen atoms in total. The number of nitrogens with zero attached hydrogens (tertiary/aromatic N) is 3. The van der Waals surface area contributed by atoms with Crippen LogP contribution in [0.3, 0.4) is 0 Å². The van der Waals surface area contributed by atoms with Gasteiger partial charge in [0.05, 0.1) is 12.8 Å². The van der Waals surface area contributed by atoms with Gasteiger partial charge in [0.25, 0.3) is 0 Å². The number of piperidine rings is 1. The molecule has 0 radical (unpaired) electrons. The first-order valence-corrected chi connectivity index (χ1v) is 9.92. The lowest BCUT2D eigenvalue weighted by Gasteiger charge is -2.28. The molecular weight excluding hydrogens is 358 g/mol. The normalized spacial score (nSPS) is 16.3. The molecule has 1 N–H and O–H groups in total. The average Bonchev–Trinajstić information content (AvgIpc) is 3.20. The third-order valence-electron chi connectivity index (χ3n) is 4.95. The summed E-state index contributed by atoms with van der Waals surface area (Å²) in [5.74, 6) is 1.33. The summed E-state index contributed by atoms with van der Waals surface area (Å²) in [7, 11) is 3.66. The van der Waals surface area contributed by atoms with Crippen LogP contribution in [-0.4, -0.2) is 66.6 Å². The zero-order chi connectivity index (χ0) is 19.8. The molecule has 0 spiro atoms. The highest BCUT2D eigenvalue weighted by atomic mass is 16.5. The SMILES string of the molecule is COc1ccc(CN(C)Cc2ccon2)cc1OC[C@@H](O)CN1CCCCC1. The highest BCUT2D eigenvalue weighted by Crippen LogP contribution is 2.29. The third-order valence-corrected chi connectivity index (χ3v) is 4.95. The van der Waals surface area contributed by atoms with Gasteiger partial charge in [-0.2, -0.15) is 0 Å². The van der Waals surface area contributed by atoms with Crippen LogP contribution in [0, 0.1) is 0 Å². The van der Waals surface area contributed by atoms with Crippen molar-refractivity contribution in [2.24, 2.45) is 0 Å². The van der Waals surface area contributed by atoms with Crippen molar-refractivity contribution in [3.63, 3.8) is 0 Å². The first-order chi connectivity index (χ1) is 13.6. The number of hydrogen-bond donors (Lipinski definition) is 1. The lowest BCUT2D eigenvalue weighted by molar-refractivity contribution is 0.0608. The Morgan fingerprint density at radius 3 is 2.71 bits per heavy atom. The van der Waals surface area contributed by atoms with Crippen LogP contribution in [0.1, 0.15) is 30.5 Å². The predicted molar refractivity (Wildman–Crippen MR) is 106 cm³/mol. The van der Waals surface area contributed by atoms with Crippen molar-refractivity contribution >= 4 is 0 Å². The maximum atomic E-state index is 10.4. The fourth-order valence-corrected chi connectivity index (χ4v) is 3.57. The Balaban J connectivity index is 1.54. The monoisotopic (exact) mass is 389 g/mol. The molecule has 1 aliphatic heterocycles. The van der Waals surface area contributed by atoms with Crippen molar-refractivity contribution in [2.75, 3.05) is 40.4 Å². The molecule has 2 aromatic rings. The first kappa shape index (κ1) is 20.6. The number of aliphatic hydroxyl groups is 1. The molecule has 1 aromatic heterocycles. The first-order valence-electron chi connectivity index (χ1n) is 9.92. The summed E-state index contributed by atoms with van der Waals surface area (Å²) in [6.07, 6.45) is 4.79. The van der Waals surface area contributed by atoms with Gasteiger partial charge in [0.2, 0.25) is 0 Å². The summed E-state index contributed by atoms with van der Waals surface area (Å²) >= 11 is 0. The van der Waals surface area contributed by atoms with E-state index in [1.165, 1.54) is 19.3 Å². The van der Waals surface area contributed by atoms with Gasteiger partial charge in [-0.25, -0.2) is 0 Å². The van der Waals surface area contributed by atoms with Gasteiger partial charge in [-0.15, -0.1) is 0 Å². The Kier molecular flexibility index (Phi) is 7.71. The Bertz CT molecular complexity index is 702. The predicted octanol–water partition coefficient (Wildman–Crippen LogP) is 2.54. The molecule has 0 saturated carbocycles. The van der Waals surface area contributed by atoms with Crippen LogP contribution in [0.2, 0.25) is 0 Å². The van der Waals surface area contributed by atoms with Crippen molar-refractivity contribution in [3.8, 4) is 11.5 Å². The number of aromatic nitrogens is 1. The largest absolute Gasteiger partial charge is 0.493 e. The summed E-state index contributed by atoms with van der Waals surface area (Å²) in [6.45, 7) is 4.48. The number of rotatable bonds is 10. The smallest absolute Gasteiger partial charge is 0.161 e. The summed E-state index contributed by atoms with van der Waals surface area (Å²) in [4.78, 5) is 4.46. The molecule has 0 aliphatic carbocycles. The summed E-state index contributed by atoms with van der Waals surface area (Å²) in [6, 6.07) is 7.77. The van der Waals surface area contributed by atoms with Crippen LogP contribution in [0.25, 0.3) is 0 Å². The van der Waals surface area contributed by atoms with Crippen LogP contribution < -0.4 is 9.47 Å². The van der Waals surface area contributed by atoms with Gasteiger partial charge in [-0.1, -0.05) is 17.6 Å². The number of β-amino-alcohol motifs (C(OH)–C–C–N with tert-alkyl or cyclic N) is 1. The van der Waals surface area contributed by atoms with E-state index in [1.54, 1.807) is 13.4 Å². The fourth-order valence-electron chi connectivity index (χ4n) is 3.57. The topological polar surface area (TPSA) is 71.2 Å². The fraction of sp³-hybridized carbons (Fsp3) is 0.571. The second kappa shape index (κ2) is 10.5. The second-order valence-electron chi connectivity index (χ2n) is 7.47. The van der Waals surface area contributed by atoms with Crippen molar-refractivity contribution < 1.29 is 19.1 Å². The van der Waals surface area contributed by atoms with Crippen molar-refractivity contribution in [1.29, 1.82) is 0 Å². The molecule has 28 heavy (non-hydrogen) atoms. The van der Waals surface area contributed by atoms with Crippen molar-refractivity contribution in [3.05, 3.63) is 41.8 Å². The minimum Gasteiger partial charge on any atom is -0.493 e. The Hall–Kier alpha value is -2.09. The van der Waals surface area contributed by atoms with Gasteiger partial charge in [0, 0.05) is 25.7 Å². The van der Waals surface area contributed by atoms with E-state index in [2.05, 4.69) is 15.0 Å². The number of likely N-dealkylation sites (tertiary alicyclic amines) is 1. The van der Waals surface area contributed by atoms with E-state index in [9.17, 15) is 5.11 Å². The highest BCUT2D eigenvalue weighted by molar-refractivity contribution is 5.43. The third kappa shape index (κ3) is 6.22. The van der Waals surface area contributed by atoms with E-state index in [1.807, 2.05) is 31.3 Å². The van der Waals surface area contributed by atoms with Gasteiger partial charge in [-0.3, -0.25) is 4.90 Å². The lowest BCUT2D eigenvalue weighted by Crippen LogP contribution is -2.38. The number of methoxy groups -OCH3 is 1. The molecule has 2 heterocycles. The lowest BCUT2D eigenvalue weighted by atomic mass is 10.1. The standard InChI is InChI=1S/C21H31N3O4/c1-23(14-18-8-11-28-22-18)13-17-6-7-20(26-2)21(12-17)27-16-19(25)15-24-9-4-3-5-10-24/h6-8,11-12,19,25H,3-5,9-10,13-16H2,1-2H3/t19-/m0/s1. The number of ether oxygens (including phenoxy) is 2. The Morgan fingerprint density at radius 2 is 2.00 bits per heavy atom. The molecule has 1 aliphatic rings. The van der Waals surface area contributed by atoms with E-state index in [4.69, 9.17) is 14.0 Å². The van der Waals surface area contributed by atoms with E-state index in [0.29, 0.717) is 24.6 Å². The van der Waals surface area contributed by atoms with Crippen LogP contribution >= 0.6 is 0 Å². The number of hydrogen-bond acceptors (Lipinski definition) is 7. The molecule has 3 rings (SSSR count). The van der Waals surface area contributed by atoms with E-state index in [-0.39, 0.29) is 6.61 Å². The van der Waals surface area contributed by atoms with Gasteiger partial charge < -0.3 is 24.0 Å². The minimum absolute atomic E-state index is 0.255. The van der Waals surface area contributed by atoms with Gasteiger partial charge in [0.15, 0.2) is 11.5 Å². The molecule has 1 aromatic carbocycles. The zero-order valence-corrected chi connectivity index (χ0v) is 16.8. The van der Waals surface area contributed by atoms with Crippen molar-refractivity contribution in [1.82, 2.24) is 15.0 Å². The van der Waals surface area contributed by atoms with E-state index in [0.717, 1.165) is 30.9 Å². The molecule has 1 fully saturated rings. The molecule has 7 heteroatoms. The quantitative estimate of drug-likeness (QED) is 0.669. The summed E-state index contributed by atoms with van der Waals surface area (Å²) < 4.78 is 16.2. The van der Waals surface area contributed by atoms with Crippen LogP contribution in [0.4, 0.5) is 0 Å². The summed E-state index contributed by atoms with van der Waals surface area (Å²) in [5.41, 5.74) is 2.00. The van der Waals surface area contributed by atoms with Crippen LogP contribution in [-0.2, 0) is 13.1 Å². The van der Waals surface area contributed by atoms with Gasteiger partial charge in [0.1, 0.15) is 19.0 Å².